The first-order valence-electron chi connectivity index (χ1n) is 7.98. The maximum atomic E-state index is 12.5. The third kappa shape index (κ3) is 3.07. The molecule has 4 heteroatoms. The second kappa shape index (κ2) is 6.26. The molecular formula is C19H27NO3. The minimum absolute atomic E-state index is 0.118. The molecule has 1 aliphatic heterocycles. The first-order chi connectivity index (χ1) is 10.7. The van der Waals surface area contributed by atoms with Gasteiger partial charge in [-0.2, -0.15) is 0 Å². The number of ether oxygens (including phenoxy) is 2. The van der Waals surface area contributed by atoms with Gasteiger partial charge in [-0.1, -0.05) is 19.9 Å². The number of fused-ring (bicyclic) bond motifs is 1. The van der Waals surface area contributed by atoms with E-state index in [1.165, 1.54) is 12.7 Å². The smallest absolute Gasteiger partial charge is 0.328 e. The van der Waals surface area contributed by atoms with Crippen LogP contribution < -0.4 is 9.64 Å². The average Bonchev–Trinajstić information content (AvgIpc) is 2.49. The molecule has 0 unspecified atom stereocenters. The van der Waals surface area contributed by atoms with Gasteiger partial charge in [-0.05, 0) is 44.4 Å². The Morgan fingerprint density at radius 1 is 1.22 bits per heavy atom. The van der Waals surface area contributed by atoms with E-state index in [2.05, 4.69) is 37.8 Å². The molecule has 0 amide bonds. The molecule has 1 aromatic rings. The van der Waals surface area contributed by atoms with E-state index in [-0.39, 0.29) is 23.5 Å². The molecule has 1 aromatic carbocycles. The lowest BCUT2D eigenvalue weighted by molar-refractivity contribution is -0.143. The van der Waals surface area contributed by atoms with Crippen LogP contribution in [0.2, 0.25) is 0 Å². The zero-order chi connectivity index (χ0) is 17.4. The van der Waals surface area contributed by atoms with Crippen LogP contribution >= 0.6 is 0 Å². The summed E-state index contributed by atoms with van der Waals surface area (Å²) < 4.78 is 10.5. The summed E-state index contributed by atoms with van der Waals surface area (Å²) in [6, 6.07) is 5.66. The fourth-order valence-corrected chi connectivity index (χ4v) is 3.46. The predicted molar refractivity (Wildman–Crippen MR) is 93.8 cm³/mol. The van der Waals surface area contributed by atoms with Gasteiger partial charge >= 0.3 is 5.97 Å². The van der Waals surface area contributed by atoms with Gasteiger partial charge in [-0.25, -0.2) is 4.79 Å². The number of nitrogens with zero attached hydrogens (tertiary/aromatic N) is 1. The van der Waals surface area contributed by atoms with Gasteiger partial charge in [0.25, 0.3) is 0 Å². The van der Waals surface area contributed by atoms with Crippen LogP contribution in [0.1, 0.15) is 40.2 Å². The van der Waals surface area contributed by atoms with Gasteiger partial charge in [0.1, 0.15) is 11.8 Å². The number of methoxy groups -OCH3 is 2. The Hall–Kier alpha value is -1.97. The highest BCUT2D eigenvalue weighted by molar-refractivity contribution is 5.88. The summed E-state index contributed by atoms with van der Waals surface area (Å²) in [5.74, 6) is 0.689. The van der Waals surface area contributed by atoms with Crippen molar-refractivity contribution in [2.45, 2.75) is 46.2 Å². The van der Waals surface area contributed by atoms with Crippen LogP contribution in [0.3, 0.4) is 0 Å². The molecule has 1 aliphatic rings. The lowest BCUT2D eigenvalue weighted by Crippen LogP contribution is -2.56. The quantitative estimate of drug-likeness (QED) is 0.790. The molecule has 0 bridgehead atoms. The fourth-order valence-electron chi connectivity index (χ4n) is 3.46. The summed E-state index contributed by atoms with van der Waals surface area (Å²) in [5, 5.41) is 0. The molecule has 1 heterocycles. The van der Waals surface area contributed by atoms with E-state index >= 15 is 0 Å². The van der Waals surface area contributed by atoms with Crippen molar-refractivity contribution in [1.82, 2.24) is 0 Å². The van der Waals surface area contributed by atoms with Gasteiger partial charge in [-0.3, -0.25) is 0 Å². The molecule has 2 rings (SSSR count). The van der Waals surface area contributed by atoms with Crippen molar-refractivity contribution in [3.8, 4) is 5.75 Å². The van der Waals surface area contributed by atoms with Crippen molar-refractivity contribution in [2.75, 3.05) is 19.1 Å². The van der Waals surface area contributed by atoms with Crippen molar-refractivity contribution in [3.63, 3.8) is 0 Å². The van der Waals surface area contributed by atoms with E-state index in [1.54, 1.807) is 7.11 Å². The molecule has 0 N–H and O–H groups in total. The standard InChI is InChI=1S/C19H27NO3/c1-12(2)17(18(21)23-7)20-16-10-14(22-6)8-9-15(16)13(3)11-19(20,4)5/h8-12,17H,1-7H3/t17-/m1/s1. The lowest BCUT2D eigenvalue weighted by atomic mass is 9.85. The van der Waals surface area contributed by atoms with Gasteiger partial charge in [0.2, 0.25) is 0 Å². The van der Waals surface area contributed by atoms with Crippen LogP contribution in [-0.4, -0.2) is 31.8 Å². The first-order valence-corrected chi connectivity index (χ1v) is 7.98. The molecule has 0 aromatic heterocycles. The average molecular weight is 317 g/mol. The summed E-state index contributed by atoms with van der Waals surface area (Å²) in [4.78, 5) is 14.6. The molecule has 0 fully saturated rings. The Morgan fingerprint density at radius 2 is 1.87 bits per heavy atom. The highest BCUT2D eigenvalue weighted by Gasteiger charge is 2.41. The minimum atomic E-state index is -0.356. The predicted octanol–water partition coefficient (Wildman–Crippen LogP) is 3.89. The highest BCUT2D eigenvalue weighted by Crippen LogP contribution is 2.43. The number of esters is 1. The molecule has 0 aliphatic carbocycles. The minimum Gasteiger partial charge on any atom is -0.497 e. The second-order valence-electron chi connectivity index (χ2n) is 6.95. The number of carbonyl (C=O) groups excluding carboxylic acids is 1. The Balaban J connectivity index is 2.68. The van der Waals surface area contributed by atoms with E-state index in [1.807, 2.05) is 26.0 Å². The van der Waals surface area contributed by atoms with Gasteiger partial charge in [-0.15, -0.1) is 0 Å². The van der Waals surface area contributed by atoms with Crippen LogP contribution in [0.15, 0.2) is 24.3 Å². The maximum absolute atomic E-state index is 12.5. The van der Waals surface area contributed by atoms with Crippen LogP contribution in [0.25, 0.3) is 5.57 Å². The number of benzene rings is 1. The van der Waals surface area contributed by atoms with E-state index in [0.717, 1.165) is 17.0 Å². The highest BCUT2D eigenvalue weighted by atomic mass is 16.5. The third-order valence-electron chi connectivity index (χ3n) is 4.43. The summed E-state index contributed by atoms with van der Waals surface area (Å²) >= 11 is 0. The number of carbonyl (C=O) groups is 1. The number of rotatable bonds is 4. The summed E-state index contributed by atoms with van der Waals surface area (Å²) in [6.45, 7) is 10.4. The number of hydrogen-bond donors (Lipinski definition) is 0. The monoisotopic (exact) mass is 317 g/mol. The van der Waals surface area contributed by atoms with E-state index in [4.69, 9.17) is 9.47 Å². The van der Waals surface area contributed by atoms with E-state index in [9.17, 15) is 4.79 Å². The van der Waals surface area contributed by atoms with Crippen molar-refractivity contribution < 1.29 is 14.3 Å². The Bertz CT molecular complexity index is 632. The van der Waals surface area contributed by atoms with Crippen LogP contribution in [-0.2, 0) is 9.53 Å². The van der Waals surface area contributed by atoms with Gasteiger partial charge in [0, 0.05) is 17.3 Å². The topological polar surface area (TPSA) is 38.8 Å². The third-order valence-corrected chi connectivity index (χ3v) is 4.43. The normalized spacial score (nSPS) is 17.4. The van der Waals surface area contributed by atoms with Crippen molar-refractivity contribution >= 4 is 17.2 Å². The zero-order valence-corrected chi connectivity index (χ0v) is 15.1. The van der Waals surface area contributed by atoms with E-state index in [0.29, 0.717) is 0 Å². The summed E-state index contributed by atoms with van der Waals surface area (Å²) in [5.41, 5.74) is 3.04. The molecule has 0 radical (unpaired) electrons. The Kier molecular flexibility index (Phi) is 4.73. The largest absolute Gasteiger partial charge is 0.497 e. The number of hydrogen-bond acceptors (Lipinski definition) is 4. The number of allylic oxidation sites excluding steroid dienone is 1. The van der Waals surface area contributed by atoms with Crippen molar-refractivity contribution in [3.05, 3.63) is 29.8 Å². The van der Waals surface area contributed by atoms with E-state index < -0.39 is 0 Å². The van der Waals surface area contributed by atoms with Crippen LogP contribution in [0, 0.1) is 5.92 Å². The molecule has 126 valence electrons. The van der Waals surface area contributed by atoms with Gasteiger partial charge < -0.3 is 14.4 Å². The van der Waals surface area contributed by atoms with Crippen LogP contribution in [0.4, 0.5) is 5.69 Å². The van der Waals surface area contributed by atoms with Crippen molar-refractivity contribution in [2.24, 2.45) is 5.92 Å². The Morgan fingerprint density at radius 3 is 2.39 bits per heavy atom. The van der Waals surface area contributed by atoms with Crippen molar-refractivity contribution in [1.29, 1.82) is 0 Å². The number of anilines is 1. The van der Waals surface area contributed by atoms with Gasteiger partial charge in [0.05, 0.1) is 19.8 Å². The molecule has 4 nitrogen and oxygen atoms in total. The maximum Gasteiger partial charge on any atom is 0.328 e. The molecule has 23 heavy (non-hydrogen) atoms. The molecule has 1 atom stereocenters. The Labute approximate surface area is 139 Å². The molecule has 0 saturated carbocycles. The summed E-state index contributed by atoms with van der Waals surface area (Å²) in [7, 11) is 3.10. The molecule has 0 spiro atoms. The molecular weight excluding hydrogens is 290 g/mol. The SMILES string of the molecule is COC(=O)[C@@H](C(C)C)N1c2cc(OC)ccc2C(C)=CC1(C)C. The summed E-state index contributed by atoms with van der Waals surface area (Å²) in [6.07, 6.45) is 2.21. The first kappa shape index (κ1) is 17.4. The van der Waals surface area contributed by atoms with Gasteiger partial charge in [0.15, 0.2) is 0 Å². The second-order valence-corrected chi connectivity index (χ2v) is 6.95. The molecule has 0 saturated heterocycles. The van der Waals surface area contributed by atoms with Crippen LogP contribution in [0.5, 0.6) is 5.75 Å². The lowest BCUT2D eigenvalue weighted by Gasteiger charge is -2.48. The fraction of sp³-hybridized carbons (Fsp3) is 0.526. The zero-order valence-electron chi connectivity index (χ0n) is 15.1.